The predicted octanol–water partition coefficient (Wildman–Crippen LogP) is 3.35. The largest absolute Gasteiger partial charge is 0.508 e. The lowest BCUT2D eigenvalue weighted by molar-refractivity contribution is 0.476. The third kappa shape index (κ3) is 2.28. The van der Waals surface area contributed by atoms with E-state index in [0.717, 1.165) is 0 Å². The number of phenolic OH excluding ortho intramolecular Hbond substituents is 1. The van der Waals surface area contributed by atoms with Crippen LogP contribution in [0.15, 0.2) is 47.4 Å². The molecule has 3 aromatic rings. The first-order valence-electron chi connectivity index (χ1n) is 6.14. The van der Waals surface area contributed by atoms with Crippen molar-refractivity contribution in [2.75, 3.05) is 0 Å². The smallest absolute Gasteiger partial charge is 0.268 e. The molecule has 1 heterocycles. The average Bonchev–Trinajstić information content (AvgIpc) is 2.74. The number of hydrogen-bond acceptors (Lipinski definition) is 3. The average molecular weight is 321 g/mol. The molecule has 6 heteroatoms. The fraction of sp³-hybridized carbons (Fsp3) is 0.0667. The van der Waals surface area contributed by atoms with Gasteiger partial charge < -0.3 is 5.11 Å². The second-order valence-corrected chi connectivity index (χ2v) is 6.86. The summed E-state index contributed by atoms with van der Waals surface area (Å²) < 4.78 is 26.7. The number of aromatic nitrogens is 1. The van der Waals surface area contributed by atoms with Crippen molar-refractivity contribution in [2.45, 2.75) is 11.8 Å². The van der Waals surface area contributed by atoms with E-state index in [4.69, 9.17) is 11.6 Å². The number of nitrogens with zero attached hydrogens (tertiary/aromatic N) is 1. The summed E-state index contributed by atoms with van der Waals surface area (Å²) in [6, 6.07) is 13.4. The van der Waals surface area contributed by atoms with E-state index in [1.807, 2.05) is 0 Å². The molecule has 3 rings (SSSR count). The molecule has 1 N–H and O–H groups in total. The Morgan fingerprint density at radius 1 is 1.14 bits per heavy atom. The summed E-state index contributed by atoms with van der Waals surface area (Å²) in [6.07, 6.45) is 0. The van der Waals surface area contributed by atoms with Crippen LogP contribution >= 0.6 is 11.6 Å². The van der Waals surface area contributed by atoms with E-state index in [1.54, 1.807) is 13.0 Å². The van der Waals surface area contributed by atoms with Crippen molar-refractivity contribution in [3.8, 4) is 5.75 Å². The minimum absolute atomic E-state index is 0.0693. The summed E-state index contributed by atoms with van der Waals surface area (Å²) in [5.41, 5.74) is 0.922. The summed E-state index contributed by atoms with van der Waals surface area (Å²) in [7, 11) is -3.74. The van der Waals surface area contributed by atoms with Crippen molar-refractivity contribution in [2.24, 2.45) is 0 Å². The molecule has 1 aromatic heterocycles. The first-order chi connectivity index (χ1) is 9.89. The number of aromatic hydroxyl groups is 1. The number of halogens is 1. The molecule has 0 aliphatic heterocycles. The number of benzene rings is 2. The molecule has 0 unspecified atom stereocenters. The molecule has 0 spiro atoms. The Labute approximate surface area is 127 Å². The van der Waals surface area contributed by atoms with Crippen LogP contribution in [0.5, 0.6) is 5.75 Å². The Kier molecular flexibility index (Phi) is 3.19. The maximum absolute atomic E-state index is 12.8. The Balaban J connectivity index is 2.28. The first kappa shape index (κ1) is 14.0. The Bertz CT molecular complexity index is 927. The van der Waals surface area contributed by atoms with Gasteiger partial charge in [-0.15, -0.1) is 0 Å². The summed E-state index contributed by atoms with van der Waals surface area (Å²) >= 11 is 5.79. The molecule has 0 fully saturated rings. The topological polar surface area (TPSA) is 59.3 Å². The number of hydrogen-bond donors (Lipinski definition) is 1. The standard InChI is InChI=1S/C15H11ClNO3S/c1-10-8-11-9-13(18)4-7-15(11)17(10)21(19,20)14-5-2-12(16)3-6-14/h2-7,9,18H,1H3. The van der Waals surface area contributed by atoms with E-state index in [1.165, 1.54) is 40.4 Å². The lowest BCUT2D eigenvalue weighted by Crippen LogP contribution is -2.14. The van der Waals surface area contributed by atoms with Crippen molar-refractivity contribution in [3.63, 3.8) is 0 Å². The van der Waals surface area contributed by atoms with Crippen molar-refractivity contribution in [1.82, 2.24) is 3.97 Å². The first-order valence-corrected chi connectivity index (χ1v) is 7.96. The molecule has 0 saturated carbocycles. The molecule has 0 aliphatic carbocycles. The van der Waals surface area contributed by atoms with Gasteiger partial charge in [0.2, 0.25) is 0 Å². The number of phenols is 1. The van der Waals surface area contributed by atoms with E-state index >= 15 is 0 Å². The van der Waals surface area contributed by atoms with Crippen LogP contribution in [0.2, 0.25) is 5.02 Å². The minimum atomic E-state index is -3.74. The van der Waals surface area contributed by atoms with Crippen LogP contribution in [-0.2, 0) is 10.0 Å². The van der Waals surface area contributed by atoms with Gasteiger partial charge in [-0.05, 0) is 49.4 Å². The molecule has 4 nitrogen and oxygen atoms in total. The van der Waals surface area contributed by atoms with Gasteiger partial charge in [-0.1, -0.05) is 11.6 Å². The van der Waals surface area contributed by atoms with Gasteiger partial charge in [0, 0.05) is 22.2 Å². The van der Waals surface area contributed by atoms with Crippen LogP contribution in [0.4, 0.5) is 0 Å². The van der Waals surface area contributed by atoms with Crippen molar-refractivity contribution in [3.05, 3.63) is 59.2 Å². The van der Waals surface area contributed by atoms with E-state index in [-0.39, 0.29) is 10.6 Å². The van der Waals surface area contributed by atoms with Crippen molar-refractivity contribution in [1.29, 1.82) is 0 Å². The van der Waals surface area contributed by atoms with Gasteiger partial charge in [0.05, 0.1) is 10.4 Å². The fourth-order valence-corrected chi connectivity index (χ4v) is 3.89. The number of aryl methyl sites for hydroxylation is 1. The maximum atomic E-state index is 12.8. The third-order valence-corrected chi connectivity index (χ3v) is 5.24. The van der Waals surface area contributed by atoms with E-state index in [0.29, 0.717) is 21.6 Å². The summed E-state index contributed by atoms with van der Waals surface area (Å²) in [6.45, 7) is 1.66. The molecule has 21 heavy (non-hydrogen) atoms. The van der Waals surface area contributed by atoms with Crippen LogP contribution in [0, 0.1) is 13.0 Å². The predicted molar refractivity (Wildman–Crippen MR) is 81.2 cm³/mol. The second kappa shape index (κ2) is 4.79. The van der Waals surface area contributed by atoms with Gasteiger partial charge in [0.15, 0.2) is 0 Å². The molecule has 0 bridgehead atoms. The van der Waals surface area contributed by atoms with Gasteiger partial charge >= 0.3 is 0 Å². The molecule has 0 amide bonds. The maximum Gasteiger partial charge on any atom is 0.268 e. The highest BCUT2D eigenvalue weighted by Gasteiger charge is 2.21. The normalized spacial score (nSPS) is 11.9. The van der Waals surface area contributed by atoms with E-state index in [9.17, 15) is 13.5 Å². The molecule has 0 saturated heterocycles. The van der Waals surface area contributed by atoms with Crippen LogP contribution in [0.1, 0.15) is 5.69 Å². The highest BCUT2D eigenvalue weighted by molar-refractivity contribution is 7.90. The monoisotopic (exact) mass is 320 g/mol. The highest BCUT2D eigenvalue weighted by Crippen LogP contribution is 2.27. The quantitative estimate of drug-likeness (QED) is 0.787. The zero-order valence-electron chi connectivity index (χ0n) is 11.0. The second-order valence-electron chi connectivity index (χ2n) is 4.64. The van der Waals surface area contributed by atoms with Crippen LogP contribution in [-0.4, -0.2) is 17.5 Å². The molecule has 0 aliphatic rings. The van der Waals surface area contributed by atoms with Gasteiger partial charge in [-0.25, -0.2) is 12.4 Å². The SMILES string of the molecule is Cc1[c]c2cc(O)ccc2n1S(=O)(=O)c1ccc(Cl)cc1. The Hall–Kier alpha value is -1.98. The molecular formula is C15H11ClNO3S. The van der Waals surface area contributed by atoms with E-state index < -0.39 is 10.0 Å². The van der Waals surface area contributed by atoms with Gasteiger partial charge in [-0.3, -0.25) is 0 Å². The lowest BCUT2D eigenvalue weighted by Gasteiger charge is -2.10. The molecular weight excluding hydrogens is 310 g/mol. The van der Waals surface area contributed by atoms with Gasteiger partial charge in [0.1, 0.15) is 5.75 Å². The Morgan fingerprint density at radius 3 is 2.48 bits per heavy atom. The summed E-state index contributed by atoms with van der Waals surface area (Å²) in [5.74, 6) is 0.0693. The zero-order chi connectivity index (χ0) is 15.2. The highest BCUT2D eigenvalue weighted by atomic mass is 35.5. The zero-order valence-corrected chi connectivity index (χ0v) is 12.6. The van der Waals surface area contributed by atoms with Gasteiger partial charge in [-0.2, -0.15) is 0 Å². The Morgan fingerprint density at radius 2 is 1.81 bits per heavy atom. The molecule has 2 aromatic carbocycles. The third-order valence-electron chi connectivity index (χ3n) is 3.17. The summed E-state index contributed by atoms with van der Waals surface area (Å²) in [5, 5.41) is 10.5. The lowest BCUT2D eigenvalue weighted by atomic mass is 10.2. The molecule has 1 radical (unpaired) electrons. The number of rotatable bonds is 2. The molecule has 0 atom stereocenters. The van der Waals surface area contributed by atoms with Crippen molar-refractivity contribution >= 4 is 32.5 Å². The summed E-state index contributed by atoms with van der Waals surface area (Å²) in [4.78, 5) is 0.147. The van der Waals surface area contributed by atoms with Gasteiger partial charge in [0.25, 0.3) is 10.0 Å². The molecule has 107 valence electrons. The van der Waals surface area contributed by atoms with Crippen LogP contribution in [0.3, 0.4) is 0 Å². The van der Waals surface area contributed by atoms with E-state index in [2.05, 4.69) is 6.07 Å². The fourth-order valence-electron chi connectivity index (χ4n) is 2.25. The minimum Gasteiger partial charge on any atom is -0.508 e. The number of fused-ring (bicyclic) bond motifs is 1. The van der Waals surface area contributed by atoms with Crippen LogP contribution < -0.4 is 0 Å². The van der Waals surface area contributed by atoms with Crippen molar-refractivity contribution < 1.29 is 13.5 Å². The van der Waals surface area contributed by atoms with Crippen LogP contribution in [0.25, 0.3) is 10.9 Å².